The lowest BCUT2D eigenvalue weighted by molar-refractivity contribution is 0.0388. The molecule has 0 radical (unpaired) electrons. The number of rotatable bonds is 4. The summed E-state index contributed by atoms with van der Waals surface area (Å²) in [5.74, 6) is 0.906. The van der Waals surface area contributed by atoms with Crippen LogP contribution in [0.1, 0.15) is 31.6 Å². The highest BCUT2D eigenvalue weighted by Gasteiger charge is 2.16. The topological polar surface area (TPSA) is 34.4 Å². The zero-order valence-corrected chi connectivity index (χ0v) is 8.53. The molecule has 3 nitrogen and oxygen atoms in total. The van der Waals surface area contributed by atoms with Crippen LogP contribution in [-0.4, -0.2) is 19.2 Å². The van der Waals surface area contributed by atoms with Crippen molar-refractivity contribution < 1.29 is 9.15 Å². The molecule has 1 saturated heterocycles. The van der Waals surface area contributed by atoms with Crippen molar-refractivity contribution in [2.75, 3.05) is 13.2 Å². The highest BCUT2D eigenvalue weighted by atomic mass is 16.5. The minimum absolute atomic E-state index is 0.0624. The average Bonchev–Trinajstić information content (AvgIpc) is 2.87. The van der Waals surface area contributed by atoms with Gasteiger partial charge in [0, 0.05) is 6.04 Å². The second kappa shape index (κ2) is 4.62. The summed E-state index contributed by atoms with van der Waals surface area (Å²) in [7, 11) is 0. The fraction of sp³-hybridized carbons (Fsp3) is 0.636. The monoisotopic (exact) mass is 195 g/mol. The van der Waals surface area contributed by atoms with Gasteiger partial charge in [0.15, 0.2) is 0 Å². The summed E-state index contributed by atoms with van der Waals surface area (Å²) in [6.07, 6.45) is 4.24. The smallest absolute Gasteiger partial charge is 0.132 e. The molecule has 1 aliphatic rings. The molecule has 78 valence electrons. The first kappa shape index (κ1) is 9.74. The lowest BCUT2D eigenvalue weighted by Crippen LogP contribution is -2.27. The maximum Gasteiger partial charge on any atom is 0.132 e. The first-order chi connectivity index (χ1) is 6.86. The molecule has 0 aromatic carbocycles. The molecule has 2 heterocycles. The Morgan fingerprint density at radius 1 is 1.71 bits per heavy atom. The van der Waals surface area contributed by atoms with Gasteiger partial charge in [-0.15, -0.1) is 0 Å². The van der Waals surface area contributed by atoms with Crippen molar-refractivity contribution in [2.45, 2.75) is 31.9 Å². The Labute approximate surface area is 84.4 Å². The van der Waals surface area contributed by atoms with Crippen molar-refractivity contribution in [3.63, 3.8) is 0 Å². The fourth-order valence-electron chi connectivity index (χ4n) is 1.76. The van der Waals surface area contributed by atoms with Gasteiger partial charge in [-0.1, -0.05) is 0 Å². The molecule has 0 bridgehead atoms. The van der Waals surface area contributed by atoms with Gasteiger partial charge in [-0.25, -0.2) is 0 Å². The van der Waals surface area contributed by atoms with Crippen LogP contribution in [0.15, 0.2) is 22.8 Å². The van der Waals surface area contributed by atoms with Crippen molar-refractivity contribution >= 4 is 0 Å². The molecule has 1 aromatic rings. The molecule has 0 unspecified atom stereocenters. The van der Waals surface area contributed by atoms with Gasteiger partial charge in [-0.3, -0.25) is 0 Å². The van der Waals surface area contributed by atoms with E-state index in [4.69, 9.17) is 9.15 Å². The summed E-state index contributed by atoms with van der Waals surface area (Å²) >= 11 is 0. The highest BCUT2D eigenvalue weighted by molar-refractivity contribution is 5.00. The van der Waals surface area contributed by atoms with E-state index in [1.807, 2.05) is 19.1 Å². The first-order valence-electron chi connectivity index (χ1n) is 5.24. The largest absolute Gasteiger partial charge is 0.467 e. The number of hydrogen-bond donors (Lipinski definition) is 1. The molecule has 2 atom stereocenters. The Kier molecular flexibility index (Phi) is 3.22. The summed E-state index contributed by atoms with van der Waals surface area (Å²) in [4.78, 5) is 0. The van der Waals surface area contributed by atoms with Crippen molar-refractivity contribution in [1.82, 2.24) is 5.32 Å². The third kappa shape index (κ3) is 2.36. The third-order valence-electron chi connectivity index (χ3n) is 2.65. The second-order valence-electron chi connectivity index (χ2n) is 3.78. The molecular weight excluding hydrogens is 178 g/mol. The normalized spacial score (nSPS) is 23.9. The van der Waals surface area contributed by atoms with E-state index >= 15 is 0 Å². The lowest BCUT2D eigenvalue weighted by atomic mass is 10.2. The second-order valence-corrected chi connectivity index (χ2v) is 3.78. The summed E-state index contributed by atoms with van der Waals surface area (Å²) < 4.78 is 11.0. The summed E-state index contributed by atoms with van der Waals surface area (Å²) in [5, 5.41) is 3.40. The van der Waals surface area contributed by atoms with Crippen LogP contribution in [0.3, 0.4) is 0 Å². The van der Waals surface area contributed by atoms with Crippen LogP contribution in [-0.2, 0) is 4.74 Å². The van der Waals surface area contributed by atoms with E-state index in [0.29, 0.717) is 6.04 Å². The molecule has 3 heteroatoms. The first-order valence-corrected chi connectivity index (χ1v) is 5.24. The number of hydrogen-bond acceptors (Lipinski definition) is 3. The average molecular weight is 195 g/mol. The minimum atomic E-state index is 0.0624. The van der Waals surface area contributed by atoms with Crippen LogP contribution in [0.4, 0.5) is 0 Å². The van der Waals surface area contributed by atoms with Gasteiger partial charge in [0.1, 0.15) is 11.9 Å². The van der Waals surface area contributed by atoms with Gasteiger partial charge in [-0.2, -0.15) is 0 Å². The maximum absolute atomic E-state index is 5.71. The van der Waals surface area contributed by atoms with Crippen molar-refractivity contribution in [1.29, 1.82) is 0 Å². The van der Waals surface area contributed by atoms with Crippen LogP contribution >= 0.6 is 0 Å². The molecule has 1 aliphatic heterocycles. The standard InChI is InChI=1S/C11H17NO2/c1-9(11-5-3-7-13-11)14-8-10-4-2-6-12-10/h3,5,7,9-10,12H,2,4,6,8H2,1H3/t9-,10+/m0/s1. The molecule has 2 rings (SSSR count). The van der Waals surface area contributed by atoms with Crippen molar-refractivity contribution in [3.8, 4) is 0 Å². The van der Waals surface area contributed by atoms with Gasteiger partial charge >= 0.3 is 0 Å². The van der Waals surface area contributed by atoms with E-state index in [1.165, 1.54) is 12.8 Å². The van der Waals surface area contributed by atoms with Crippen LogP contribution in [0, 0.1) is 0 Å². The molecule has 1 N–H and O–H groups in total. The summed E-state index contributed by atoms with van der Waals surface area (Å²) in [5.41, 5.74) is 0. The fourth-order valence-corrected chi connectivity index (χ4v) is 1.76. The number of nitrogens with one attached hydrogen (secondary N) is 1. The van der Waals surface area contributed by atoms with E-state index in [0.717, 1.165) is 18.9 Å². The molecule has 0 spiro atoms. The van der Waals surface area contributed by atoms with E-state index in [2.05, 4.69) is 5.32 Å². The highest BCUT2D eigenvalue weighted by Crippen LogP contribution is 2.18. The minimum Gasteiger partial charge on any atom is -0.467 e. The van der Waals surface area contributed by atoms with Gasteiger partial charge in [0.05, 0.1) is 12.9 Å². The molecule has 0 amide bonds. The summed E-state index contributed by atoms with van der Waals surface area (Å²) in [6.45, 7) is 3.93. The third-order valence-corrected chi connectivity index (χ3v) is 2.65. The van der Waals surface area contributed by atoms with Crippen LogP contribution in [0.25, 0.3) is 0 Å². The van der Waals surface area contributed by atoms with Crippen molar-refractivity contribution in [3.05, 3.63) is 24.2 Å². The SMILES string of the molecule is C[C@H](OC[C@H]1CCCN1)c1ccco1. The Morgan fingerprint density at radius 3 is 3.29 bits per heavy atom. The quantitative estimate of drug-likeness (QED) is 0.799. The number of furan rings is 1. The van der Waals surface area contributed by atoms with Crippen LogP contribution in [0.5, 0.6) is 0 Å². The Hall–Kier alpha value is -0.800. The van der Waals surface area contributed by atoms with Crippen molar-refractivity contribution in [2.24, 2.45) is 0 Å². The van der Waals surface area contributed by atoms with Gasteiger partial charge in [0.25, 0.3) is 0 Å². The number of ether oxygens (including phenoxy) is 1. The van der Waals surface area contributed by atoms with Crippen LogP contribution in [0.2, 0.25) is 0 Å². The Bertz CT molecular complexity index is 252. The molecule has 1 fully saturated rings. The van der Waals surface area contributed by atoms with E-state index in [9.17, 15) is 0 Å². The molecule has 1 aromatic heterocycles. The predicted molar refractivity (Wildman–Crippen MR) is 54.1 cm³/mol. The van der Waals surface area contributed by atoms with E-state index < -0.39 is 0 Å². The van der Waals surface area contributed by atoms with E-state index in [-0.39, 0.29) is 6.10 Å². The zero-order chi connectivity index (χ0) is 9.80. The lowest BCUT2D eigenvalue weighted by Gasteiger charge is -2.14. The maximum atomic E-state index is 5.71. The zero-order valence-electron chi connectivity index (χ0n) is 8.53. The molecule has 0 saturated carbocycles. The van der Waals surface area contributed by atoms with Gasteiger partial charge in [-0.05, 0) is 38.4 Å². The molecule has 0 aliphatic carbocycles. The van der Waals surface area contributed by atoms with Gasteiger partial charge in [0.2, 0.25) is 0 Å². The van der Waals surface area contributed by atoms with Gasteiger partial charge < -0.3 is 14.5 Å². The Morgan fingerprint density at radius 2 is 2.64 bits per heavy atom. The Balaban J connectivity index is 1.74. The van der Waals surface area contributed by atoms with E-state index in [1.54, 1.807) is 6.26 Å². The van der Waals surface area contributed by atoms with Crippen LogP contribution < -0.4 is 5.32 Å². The predicted octanol–water partition coefficient (Wildman–Crippen LogP) is 2.11. The summed E-state index contributed by atoms with van der Waals surface area (Å²) in [6, 6.07) is 4.38. The molecule has 14 heavy (non-hydrogen) atoms. The molecular formula is C11H17NO2.